The van der Waals surface area contributed by atoms with E-state index in [0.717, 1.165) is 55.7 Å². The molecule has 2 heterocycles. The van der Waals surface area contributed by atoms with Gasteiger partial charge in [-0.05, 0) is 131 Å². The van der Waals surface area contributed by atoms with Crippen molar-refractivity contribution in [2.75, 3.05) is 0 Å². The molecule has 0 fully saturated rings. The van der Waals surface area contributed by atoms with Gasteiger partial charge in [-0.1, -0.05) is 203 Å². The van der Waals surface area contributed by atoms with Crippen molar-refractivity contribution in [3.63, 3.8) is 0 Å². The van der Waals surface area contributed by atoms with E-state index in [1.807, 2.05) is 24.3 Å². The van der Waals surface area contributed by atoms with E-state index in [-0.39, 0.29) is 33.1 Å². The summed E-state index contributed by atoms with van der Waals surface area (Å²) in [6.07, 6.45) is 1.45. The van der Waals surface area contributed by atoms with Gasteiger partial charge >= 0.3 is 0 Å². The summed E-state index contributed by atoms with van der Waals surface area (Å²) in [6, 6.07) is 30.9. The van der Waals surface area contributed by atoms with Crippen LogP contribution in [-0.2, 0) is 32.5 Å². The van der Waals surface area contributed by atoms with E-state index in [1.165, 1.54) is 17.8 Å². The first-order valence-electron chi connectivity index (χ1n) is 30.7. The van der Waals surface area contributed by atoms with Crippen molar-refractivity contribution in [1.82, 2.24) is 14.5 Å². The maximum absolute atomic E-state index is 12.7. The minimum Gasteiger partial charge on any atom is -0.507 e. The maximum Gasteiger partial charge on any atom is 0.149 e. The summed E-state index contributed by atoms with van der Waals surface area (Å²) in [7, 11) is 0. The van der Waals surface area contributed by atoms with Crippen LogP contribution in [0.25, 0.3) is 72.7 Å². The van der Waals surface area contributed by atoms with Gasteiger partial charge in [0.2, 0.25) is 0 Å². The van der Waals surface area contributed by atoms with Crippen LogP contribution >= 0.6 is 0 Å². The molecule has 0 aliphatic rings. The molecule has 0 spiro atoms. The third-order valence-corrected chi connectivity index (χ3v) is 13.3. The van der Waals surface area contributed by atoms with Crippen molar-refractivity contribution in [2.24, 2.45) is 0 Å². The van der Waals surface area contributed by atoms with Crippen molar-refractivity contribution in [3.8, 4) is 67.5 Å². The molecule has 4 nitrogen and oxygen atoms in total. The topological polar surface area (TPSA) is 50.9 Å². The first-order valence-corrected chi connectivity index (χ1v) is 24.2. The van der Waals surface area contributed by atoms with Crippen molar-refractivity contribution in [1.29, 1.82) is 0 Å². The van der Waals surface area contributed by atoms with Crippen LogP contribution < -0.4 is 0 Å². The SMILES string of the molecule is [2H]c1c([2H])c(C(C([2H])([2H])[2H])(C([2H])([2H])[2H])C([2H])([2H])[2H])c([2H])c([2H])c1-c1ccnc(-c2cc(-c3cccc4c3nc(-c3cc(C(C)(C)C)cc(C(C)(C)C)c3O)n4-c3ccc(C(C)(C)C)cc3-c3ccc(C(C)(C)C)cc3)cc(C(C)(C)C)c2)c1. The van der Waals surface area contributed by atoms with Gasteiger partial charge < -0.3 is 5.11 Å². The van der Waals surface area contributed by atoms with Gasteiger partial charge in [0, 0.05) is 40.8 Å². The minimum absolute atomic E-state index is 0.0722. The molecule has 6 aromatic carbocycles. The minimum atomic E-state index is -3.81. The molecule has 0 saturated carbocycles. The average molecular weight is 941 g/mol. The van der Waals surface area contributed by atoms with Crippen LogP contribution in [0, 0.1) is 0 Å². The zero-order valence-corrected chi connectivity index (χ0v) is 43.7. The van der Waals surface area contributed by atoms with Gasteiger partial charge in [0.25, 0.3) is 0 Å². The van der Waals surface area contributed by atoms with Gasteiger partial charge in [-0.25, -0.2) is 4.98 Å². The molecule has 70 heavy (non-hydrogen) atoms. The fraction of sp³-hybridized carbons (Fsp3) is 0.364. The Balaban J connectivity index is 1.43. The second kappa shape index (κ2) is 17.5. The predicted octanol–water partition coefficient (Wildman–Crippen LogP) is 18.2. The summed E-state index contributed by atoms with van der Waals surface area (Å²) in [5.74, 6) is 0.676. The molecule has 0 amide bonds. The average Bonchev–Trinajstić information content (AvgIpc) is 1.08. The molecule has 0 atom stereocenters. The number of hydrogen-bond donors (Lipinski definition) is 1. The molecule has 362 valence electrons. The zero-order valence-electron chi connectivity index (χ0n) is 56.7. The Morgan fingerprint density at radius 1 is 0.457 bits per heavy atom. The van der Waals surface area contributed by atoms with E-state index >= 15 is 0 Å². The number of para-hydroxylation sites is 1. The zero-order chi connectivity index (χ0) is 62.1. The number of fused-ring (bicyclic) bond motifs is 1. The second-order valence-corrected chi connectivity index (χ2v) is 24.2. The number of rotatable bonds is 6. The molecule has 0 aliphatic heterocycles. The Hall–Kier alpha value is -6.26. The Morgan fingerprint density at radius 3 is 1.64 bits per heavy atom. The molecule has 4 heteroatoms. The van der Waals surface area contributed by atoms with Gasteiger partial charge in [-0.15, -0.1) is 0 Å². The summed E-state index contributed by atoms with van der Waals surface area (Å²) in [5.41, 5.74) is 5.89. The number of pyridine rings is 1. The molecule has 0 aliphatic carbocycles. The lowest BCUT2D eigenvalue weighted by atomic mass is 9.79. The van der Waals surface area contributed by atoms with E-state index in [0.29, 0.717) is 28.2 Å². The first kappa shape index (κ1) is 35.8. The van der Waals surface area contributed by atoms with E-state index in [9.17, 15) is 7.85 Å². The molecule has 8 aromatic rings. The van der Waals surface area contributed by atoms with Gasteiger partial charge in [0.1, 0.15) is 11.6 Å². The third kappa shape index (κ3) is 10.0. The number of aromatic hydroxyl groups is 1. The van der Waals surface area contributed by atoms with Gasteiger partial charge in [-0.3, -0.25) is 9.55 Å². The number of aromatic nitrogens is 3. The van der Waals surface area contributed by atoms with Crippen LogP contribution in [0.2, 0.25) is 0 Å². The Bertz CT molecular complexity index is 3760. The lowest BCUT2D eigenvalue weighted by Gasteiger charge is -2.28. The molecule has 0 radical (unpaired) electrons. The van der Waals surface area contributed by atoms with Crippen molar-refractivity contribution in [3.05, 3.63) is 167 Å². The predicted molar refractivity (Wildman–Crippen MR) is 300 cm³/mol. The molecule has 0 bridgehead atoms. The maximum atomic E-state index is 12.7. The summed E-state index contributed by atoms with van der Waals surface area (Å²) < 4.78 is 113. The summed E-state index contributed by atoms with van der Waals surface area (Å²) >= 11 is 0. The Kier molecular flexibility index (Phi) is 8.97. The van der Waals surface area contributed by atoms with Crippen molar-refractivity contribution < 1.29 is 22.9 Å². The molecular formula is C66H77N3O. The van der Waals surface area contributed by atoms with E-state index < -0.39 is 66.5 Å². The standard InChI is InChI=1S/C66H77N3O/c1-61(2,3)46-26-22-41(23-27-46)43-32-33-67-55(37-43)45-34-44(35-49(36-45)64(10,11)12)51-20-19-21-57-58(51)68-60(53-39-50(65(13,14)15)40-54(59(53)70)66(16,17)18)69(57)56-31-30-48(63(7,8)9)38-52(56)42-24-28-47(29-25-42)62(4,5)6/h19-40,70H,1-18H3/i1D3,2D3,3D3,22D,23D,26D,27D. The summed E-state index contributed by atoms with van der Waals surface area (Å²) in [5, 5.41) is 12.7. The van der Waals surface area contributed by atoms with E-state index in [1.54, 1.807) is 6.07 Å². The molecule has 2 aromatic heterocycles. The summed E-state index contributed by atoms with van der Waals surface area (Å²) in [4.78, 5) is 10.4. The third-order valence-electron chi connectivity index (χ3n) is 13.3. The van der Waals surface area contributed by atoms with Crippen LogP contribution in [0.4, 0.5) is 0 Å². The largest absolute Gasteiger partial charge is 0.507 e. The van der Waals surface area contributed by atoms with Crippen molar-refractivity contribution in [2.45, 2.75) is 157 Å². The van der Waals surface area contributed by atoms with Gasteiger partial charge in [0.05, 0.1) is 33.5 Å². The van der Waals surface area contributed by atoms with Crippen LogP contribution in [0.1, 0.15) is 176 Å². The number of phenols is 1. The van der Waals surface area contributed by atoms with Gasteiger partial charge in [-0.2, -0.15) is 0 Å². The molecular weight excluding hydrogens is 851 g/mol. The van der Waals surface area contributed by atoms with Crippen LogP contribution in [0.3, 0.4) is 0 Å². The fourth-order valence-corrected chi connectivity index (χ4v) is 8.90. The first-order chi connectivity index (χ1) is 37.8. The number of hydrogen-bond acceptors (Lipinski definition) is 3. The molecule has 0 unspecified atom stereocenters. The quantitative estimate of drug-likeness (QED) is 0.181. The highest BCUT2D eigenvalue weighted by Gasteiger charge is 2.30. The number of nitrogens with zero attached hydrogens (tertiary/aromatic N) is 3. The normalized spacial score (nSPS) is 16.3. The van der Waals surface area contributed by atoms with Gasteiger partial charge in [0.15, 0.2) is 0 Å². The Morgan fingerprint density at radius 2 is 1.04 bits per heavy atom. The lowest BCUT2D eigenvalue weighted by molar-refractivity contribution is 0.446. The number of imidazole rings is 1. The molecule has 0 saturated heterocycles. The lowest BCUT2D eigenvalue weighted by Crippen LogP contribution is -2.17. The highest BCUT2D eigenvalue weighted by atomic mass is 16.3. The fourth-order valence-electron chi connectivity index (χ4n) is 8.90. The molecule has 8 rings (SSSR count). The van der Waals surface area contributed by atoms with Crippen LogP contribution in [0.5, 0.6) is 5.75 Å². The van der Waals surface area contributed by atoms with E-state index in [4.69, 9.17) is 25.0 Å². The Labute approximate surface area is 438 Å². The number of benzene rings is 6. The van der Waals surface area contributed by atoms with Crippen molar-refractivity contribution >= 4 is 11.0 Å². The number of phenolic OH excluding ortho intramolecular Hbond substituents is 1. The smallest absolute Gasteiger partial charge is 0.149 e. The highest BCUT2D eigenvalue weighted by molar-refractivity contribution is 5.98. The highest BCUT2D eigenvalue weighted by Crippen LogP contribution is 2.46. The summed E-state index contributed by atoms with van der Waals surface area (Å²) in [6.45, 7) is 20.8. The molecule has 1 N–H and O–H groups in total. The second-order valence-electron chi connectivity index (χ2n) is 24.2. The monoisotopic (exact) mass is 941 g/mol. The van der Waals surface area contributed by atoms with Crippen LogP contribution in [0.15, 0.2) is 133 Å². The van der Waals surface area contributed by atoms with E-state index in [2.05, 4.69) is 175 Å². The van der Waals surface area contributed by atoms with Crippen LogP contribution in [-0.4, -0.2) is 19.6 Å².